The number of fused-ring (bicyclic) bond motifs is 1. The molecule has 0 bridgehead atoms. The summed E-state index contributed by atoms with van der Waals surface area (Å²) in [5.74, 6) is -2.01. The van der Waals surface area contributed by atoms with Crippen molar-refractivity contribution >= 4 is 31.0 Å². The van der Waals surface area contributed by atoms with Crippen LogP contribution in [0.4, 0.5) is 0 Å². The predicted octanol–water partition coefficient (Wildman–Crippen LogP) is 3.64. The van der Waals surface area contributed by atoms with Gasteiger partial charge in [-0.3, -0.25) is 9.59 Å². The second-order valence-electron chi connectivity index (χ2n) is 7.71. The molecule has 32 heavy (non-hydrogen) atoms. The molecule has 0 amide bonds. The van der Waals surface area contributed by atoms with Crippen molar-refractivity contribution in [3.8, 4) is 0 Å². The van der Waals surface area contributed by atoms with E-state index in [4.69, 9.17) is 14.2 Å². The van der Waals surface area contributed by atoms with Crippen LogP contribution in [0.25, 0.3) is 0 Å². The number of carbonyl (C=O) groups is 3. The van der Waals surface area contributed by atoms with Crippen molar-refractivity contribution in [1.29, 1.82) is 0 Å². The van der Waals surface area contributed by atoms with E-state index < -0.39 is 36.8 Å². The Hall–Kier alpha value is -3.05. The number of benzene rings is 2. The first kappa shape index (κ1) is 23.6. The van der Waals surface area contributed by atoms with E-state index in [0.717, 1.165) is 5.56 Å². The van der Waals surface area contributed by atoms with E-state index in [2.05, 4.69) is 0 Å². The molecule has 7 nitrogen and oxygen atoms in total. The smallest absolute Gasteiger partial charge is 0.384 e. The maximum Gasteiger partial charge on any atom is 0.384 e. The Morgan fingerprint density at radius 1 is 1.06 bits per heavy atom. The number of rotatable bonds is 6. The summed E-state index contributed by atoms with van der Waals surface area (Å²) in [5.41, 5.74) is 0.0117. The highest BCUT2D eigenvalue weighted by Gasteiger charge is 2.57. The number of ether oxygens (including phenoxy) is 3. The van der Waals surface area contributed by atoms with Gasteiger partial charge >= 0.3 is 25.7 Å². The van der Waals surface area contributed by atoms with E-state index >= 15 is 0 Å². The first-order chi connectivity index (χ1) is 15.3. The molecule has 2 unspecified atom stereocenters. The van der Waals surface area contributed by atoms with Crippen LogP contribution in [0.3, 0.4) is 0 Å². The van der Waals surface area contributed by atoms with E-state index in [1.54, 1.807) is 50.2 Å². The van der Waals surface area contributed by atoms with E-state index in [9.17, 15) is 18.9 Å². The van der Waals surface area contributed by atoms with Gasteiger partial charge in [-0.05, 0) is 49.6 Å². The van der Waals surface area contributed by atoms with Crippen LogP contribution in [0, 0.1) is 12.3 Å². The highest BCUT2D eigenvalue weighted by molar-refractivity contribution is 7.53. The number of aryl methyl sites for hydroxylation is 1. The Morgan fingerprint density at radius 2 is 1.69 bits per heavy atom. The molecule has 0 radical (unpaired) electrons. The molecule has 0 aliphatic heterocycles. The van der Waals surface area contributed by atoms with Gasteiger partial charge in [0.2, 0.25) is 0 Å². The molecule has 0 aromatic heterocycles. The fraction of sp³-hybridized carbons (Fsp3) is 0.375. The van der Waals surface area contributed by atoms with Crippen LogP contribution in [-0.2, 0) is 34.8 Å². The van der Waals surface area contributed by atoms with Gasteiger partial charge in [-0.1, -0.05) is 28.8 Å². The topological polar surface area (TPSA) is 96.0 Å². The number of hydrogen-bond acceptors (Lipinski definition) is 7. The molecule has 3 rings (SSSR count). The van der Waals surface area contributed by atoms with Crippen molar-refractivity contribution in [1.82, 2.24) is 0 Å². The van der Waals surface area contributed by atoms with Crippen molar-refractivity contribution in [3.05, 3.63) is 64.7 Å². The van der Waals surface area contributed by atoms with Gasteiger partial charge in [0.15, 0.2) is 16.4 Å². The zero-order valence-corrected chi connectivity index (χ0v) is 19.4. The van der Waals surface area contributed by atoms with E-state index in [1.165, 1.54) is 14.2 Å². The molecule has 1 aliphatic rings. The maximum atomic E-state index is 13.7. The number of carbonyl (C=O) groups excluding carboxylic acids is 3. The highest BCUT2D eigenvalue weighted by Crippen LogP contribution is 2.54. The summed E-state index contributed by atoms with van der Waals surface area (Å²) in [6.45, 7) is 3.71. The minimum Gasteiger partial charge on any atom is -0.468 e. The zero-order valence-electron chi connectivity index (χ0n) is 18.5. The molecule has 2 atom stereocenters. The first-order valence-corrected chi connectivity index (χ1v) is 11.6. The van der Waals surface area contributed by atoms with Gasteiger partial charge in [-0.15, -0.1) is 0 Å². The molecular formula is C24H26O7P+. The summed E-state index contributed by atoms with van der Waals surface area (Å²) in [6, 6.07) is 12.3. The standard InChI is InChI=1S/C24H26O7P/c1-5-31-21(25)18-12-16-13-24(22(26)29-3,23(27)30-4)14-20(19(16)11-15(18)2)32(28)17-9-7-6-8-10-17/h6-12,20H,5,13-14H2,1-4H3/q+1. The fourth-order valence-electron chi connectivity index (χ4n) is 4.25. The van der Waals surface area contributed by atoms with Crippen molar-refractivity contribution in [2.75, 3.05) is 20.8 Å². The average Bonchev–Trinajstić information content (AvgIpc) is 2.82. The monoisotopic (exact) mass is 457 g/mol. The lowest BCUT2D eigenvalue weighted by Crippen LogP contribution is -2.46. The number of hydrogen-bond donors (Lipinski definition) is 0. The Morgan fingerprint density at radius 3 is 2.25 bits per heavy atom. The zero-order chi connectivity index (χ0) is 23.5. The fourth-order valence-corrected chi connectivity index (χ4v) is 6.05. The Balaban J connectivity index is 2.22. The number of esters is 3. The summed E-state index contributed by atoms with van der Waals surface area (Å²) in [6.07, 6.45) is -0.0511. The molecule has 1 aliphatic carbocycles. The largest absolute Gasteiger partial charge is 0.468 e. The summed E-state index contributed by atoms with van der Waals surface area (Å²) in [7, 11) is 0.380. The van der Waals surface area contributed by atoms with Crippen molar-refractivity contribution in [3.63, 3.8) is 0 Å². The molecule has 2 aromatic rings. The number of methoxy groups -OCH3 is 2. The molecule has 0 saturated heterocycles. The normalized spacial score (nSPS) is 17.0. The lowest BCUT2D eigenvalue weighted by Gasteiger charge is -2.34. The van der Waals surface area contributed by atoms with Gasteiger partial charge in [-0.2, -0.15) is 0 Å². The first-order valence-electron chi connectivity index (χ1n) is 10.3. The Labute approximate surface area is 187 Å². The summed E-state index contributed by atoms with van der Waals surface area (Å²) in [5, 5.41) is 0.608. The third kappa shape index (κ3) is 4.17. The van der Waals surface area contributed by atoms with E-state index in [0.29, 0.717) is 22.0 Å². The second kappa shape index (κ2) is 9.61. The van der Waals surface area contributed by atoms with Crippen LogP contribution in [0.1, 0.15) is 46.1 Å². The van der Waals surface area contributed by atoms with Gasteiger partial charge in [0.1, 0.15) is 0 Å². The average molecular weight is 457 g/mol. The van der Waals surface area contributed by atoms with Crippen LogP contribution in [0.15, 0.2) is 42.5 Å². The maximum absolute atomic E-state index is 13.7. The van der Waals surface area contributed by atoms with Gasteiger partial charge < -0.3 is 14.2 Å². The van der Waals surface area contributed by atoms with Crippen molar-refractivity contribution in [2.24, 2.45) is 5.41 Å². The van der Waals surface area contributed by atoms with Crippen LogP contribution >= 0.6 is 7.80 Å². The van der Waals surface area contributed by atoms with Crippen molar-refractivity contribution in [2.45, 2.75) is 32.3 Å². The summed E-state index contributed by atoms with van der Waals surface area (Å²) >= 11 is 0. The highest BCUT2D eigenvalue weighted by atomic mass is 31.1. The SMILES string of the molecule is CCOC(=O)c1cc2c(cc1C)C([P+](=O)c1ccccc1)CC(C(=O)OC)(C(=O)OC)C2. The third-order valence-corrected chi connectivity index (χ3v) is 7.65. The van der Waals surface area contributed by atoms with Crippen molar-refractivity contribution < 1.29 is 33.2 Å². The quantitative estimate of drug-likeness (QED) is 0.283. The Bertz CT molecular complexity index is 1050. The predicted molar refractivity (Wildman–Crippen MR) is 118 cm³/mol. The van der Waals surface area contributed by atoms with Gasteiger partial charge in [0.25, 0.3) is 0 Å². The lowest BCUT2D eigenvalue weighted by molar-refractivity contribution is -0.170. The van der Waals surface area contributed by atoms with E-state index in [1.807, 2.05) is 6.07 Å². The molecule has 0 fully saturated rings. The van der Waals surface area contributed by atoms with Crippen LogP contribution in [0.2, 0.25) is 0 Å². The van der Waals surface area contributed by atoms with Crippen LogP contribution in [0.5, 0.6) is 0 Å². The third-order valence-electron chi connectivity index (χ3n) is 5.82. The minimum absolute atomic E-state index is 0.0250. The molecule has 2 aromatic carbocycles. The molecule has 0 heterocycles. The molecular weight excluding hydrogens is 431 g/mol. The molecule has 0 saturated carbocycles. The van der Waals surface area contributed by atoms with Crippen LogP contribution in [-0.4, -0.2) is 38.7 Å². The van der Waals surface area contributed by atoms with Gasteiger partial charge in [0, 0.05) is 12.0 Å². The minimum atomic E-state index is -2.02. The molecule has 168 valence electrons. The molecule has 0 spiro atoms. The van der Waals surface area contributed by atoms with E-state index in [-0.39, 0.29) is 19.4 Å². The lowest BCUT2D eigenvalue weighted by atomic mass is 9.70. The molecule has 8 heteroatoms. The van der Waals surface area contributed by atoms with Crippen LogP contribution < -0.4 is 5.30 Å². The second-order valence-corrected chi connectivity index (χ2v) is 9.50. The summed E-state index contributed by atoms with van der Waals surface area (Å²) < 4.78 is 28.8. The summed E-state index contributed by atoms with van der Waals surface area (Å²) in [4.78, 5) is 38.2. The van der Waals surface area contributed by atoms with Gasteiger partial charge in [-0.25, -0.2) is 4.79 Å². The molecule has 0 N–H and O–H groups in total. The van der Waals surface area contributed by atoms with Gasteiger partial charge in [0.05, 0.1) is 26.4 Å². The Kier molecular flexibility index (Phi) is 7.09.